The number of nitriles is 1. The van der Waals surface area contributed by atoms with Crippen molar-refractivity contribution in [2.75, 3.05) is 0 Å². The van der Waals surface area contributed by atoms with Crippen molar-refractivity contribution in [3.05, 3.63) is 30.0 Å². The standard InChI is InChI=1S/C18H19BN4O3/c20-7-5-16(24)23-12-3-1-11(2-4-12)14-9-19(25)26-15-10-22-18-13(17(14)15)6-8-21-18/h6,8-12,25H,1-5H2,(H,21,22)(H,23,24). The number of H-pyrrole nitrogens is 1. The van der Waals surface area contributed by atoms with Crippen LogP contribution in [0.15, 0.2) is 24.4 Å². The van der Waals surface area contributed by atoms with Crippen LogP contribution in [0, 0.1) is 17.2 Å². The van der Waals surface area contributed by atoms with E-state index in [4.69, 9.17) is 9.92 Å². The van der Waals surface area contributed by atoms with Crippen LogP contribution < -0.4 is 9.97 Å². The molecule has 0 atom stereocenters. The van der Waals surface area contributed by atoms with Crippen molar-refractivity contribution in [1.82, 2.24) is 15.3 Å². The molecule has 0 unspecified atom stereocenters. The lowest BCUT2D eigenvalue weighted by Gasteiger charge is -2.33. The molecule has 1 saturated carbocycles. The molecule has 26 heavy (non-hydrogen) atoms. The van der Waals surface area contributed by atoms with Crippen LogP contribution in [0.2, 0.25) is 0 Å². The van der Waals surface area contributed by atoms with Crippen molar-refractivity contribution in [2.24, 2.45) is 5.92 Å². The zero-order valence-corrected chi connectivity index (χ0v) is 14.2. The van der Waals surface area contributed by atoms with E-state index < -0.39 is 7.12 Å². The second kappa shape index (κ2) is 6.85. The molecule has 1 amide bonds. The monoisotopic (exact) mass is 350 g/mol. The van der Waals surface area contributed by atoms with Crippen LogP contribution in [-0.4, -0.2) is 34.1 Å². The van der Waals surface area contributed by atoms with Gasteiger partial charge in [0.25, 0.3) is 0 Å². The molecule has 2 aromatic rings. The maximum Gasteiger partial charge on any atom is 0.552 e. The molecule has 2 aliphatic rings. The summed E-state index contributed by atoms with van der Waals surface area (Å²) in [6.45, 7) is 0. The molecular weight excluding hydrogens is 331 g/mol. The van der Waals surface area contributed by atoms with E-state index in [0.717, 1.165) is 47.9 Å². The van der Waals surface area contributed by atoms with Crippen molar-refractivity contribution in [3.63, 3.8) is 0 Å². The molecule has 0 saturated heterocycles. The first-order valence-corrected chi connectivity index (χ1v) is 8.85. The van der Waals surface area contributed by atoms with Gasteiger partial charge in [0.05, 0.1) is 12.3 Å². The number of rotatable bonds is 3. The predicted octanol–water partition coefficient (Wildman–Crippen LogP) is 1.95. The Hall–Kier alpha value is -2.79. The quantitative estimate of drug-likeness (QED) is 0.733. The summed E-state index contributed by atoms with van der Waals surface area (Å²) >= 11 is 0. The van der Waals surface area contributed by atoms with E-state index in [1.165, 1.54) is 0 Å². The number of nitrogens with one attached hydrogen (secondary N) is 2. The van der Waals surface area contributed by atoms with Crippen LogP contribution >= 0.6 is 0 Å². The van der Waals surface area contributed by atoms with Gasteiger partial charge in [-0.1, -0.05) is 0 Å². The molecule has 0 aromatic carbocycles. The second-order valence-electron chi connectivity index (χ2n) is 6.82. The van der Waals surface area contributed by atoms with Crippen molar-refractivity contribution >= 4 is 29.6 Å². The lowest BCUT2D eigenvalue weighted by atomic mass is 9.72. The largest absolute Gasteiger partial charge is 0.552 e. The first kappa shape index (κ1) is 16.7. The van der Waals surface area contributed by atoms with Crippen LogP contribution in [-0.2, 0) is 4.79 Å². The lowest BCUT2D eigenvalue weighted by Crippen LogP contribution is -2.38. The number of pyridine rings is 1. The van der Waals surface area contributed by atoms with Gasteiger partial charge in [0.1, 0.15) is 17.8 Å². The Morgan fingerprint density at radius 2 is 2.27 bits per heavy atom. The normalized spacial score (nSPS) is 22.2. The summed E-state index contributed by atoms with van der Waals surface area (Å²) in [5.41, 5.74) is 2.89. The summed E-state index contributed by atoms with van der Waals surface area (Å²) < 4.78 is 5.55. The van der Waals surface area contributed by atoms with Gasteiger partial charge in [-0.25, -0.2) is 4.98 Å². The molecule has 7 nitrogen and oxygen atoms in total. The van der Waals surface area contributed by atoms with Gasteiger partial charge in [0.15, 0.2) is 0 Å². The minimum Gasteiger partial charge on any atom is -0.531 e. The number of aromatic nitrogens is 2. The van der Waals surface area contributed by atoms with Crippen molar-refractivity contribution in [3.8, 4) is 11.8 Å². The van der Waals surface area contributed by atoms with Gasteiger partial charge in [-0.15, -0.1) is 0 Å². The van der Waals surface area contributed by atoms with E-state index in [1.54, 1.807) is 12.2 Å². The van der Waals surface area contributed by atoms with Crippen LogP contribution in [0.3, 0.4) is 0 Å². The van der Waals surface area contributed by atoms with Crippen LogP contribution in [0.4, 0.5) is 0 Å². The van der Waals surface area contributed by atoms with E-state index in [1.807, 2.05) is 18.3 Å². The van der Waals surface area contributed by atoms with E-state index in [0.29, 0.717) is 5.75 Å². The smallest absolute Gasteiger partial charge is 0.531 e. The summed E-state index contributed by atoms with van der Waals surface area (Å²) in [6.07, 6.45) is 6.92. The number of aromatic amines is 1. The number of hydrogen-bond acceptors (Lipinski definition) is 5. The Bertz CT molecular complexity index is 909. The fraction of sp³-hybridized carbons (Fsp3) is 0.389. The number of carbonyl (C=O) groups is 1. The molecule has 3 heterocycles. The highest BCUT2D eigenvalue weighted by atomic mass is 16.5. The minimum absolute atomic E-state index is 0.0968. The van der Waals surface area contributed by atoms with Gasteiger partial charge >= 0.3 is 7.12 Å². The molecule has 2 aromatic heterocycles. The van der Waals surface area contributed by atoms with Crippen molar-refractivity contribution < 1.29 is 14.5 Å². The molecule has 8 heteroatoms. The van der Waals surface area contributed by atoms with E-state index in [2.05, 4.69) is 15.3 Å². The Balaban J connectivity index is 1.55. The summed E-state index contributed by atoms with van der Waals surface area (Å²) in [5.74, 6) is 2.47. The number of fused-ring (bicyclic) bond motifs is 3. The number of hydrogen-bond donors (Lipinski definition) is 3. The third kappa shape index (κ3) is 3.06. The highest BCUT2D eigenvalue weighted by molar-refractivity contribution is 6.52. The van der Waals surface area contributed by atoms with E-state index >= 15 is 0 Å². The number of allylic oxidation sites excluding steroid dienone is 1. The number of nitrogens with zero attached hydrogens (tertiary/aromatic N) is 2. The van der Waals surface area contributed by atoms with Gasteiger partial charge in [0.2, 0.25) is 5.91 Å². The third-order valence-corrected chi connectivity index (χ3v) is 5.18. The lowest BCUT2D eigenvalue weighted by molar-refractivity contribution is -0.121. The zero-order valence-electron chi connectivity index (χ0n) is 14.2. The minimum atomic E-state index is -0.969. The molecule has 0 spiro atoms. The van der Waals surface area contributed by atoms with Crippen LogP contribution in [0.5, 0.6) is 5.75 Å². The Kier molecular flexibility index (Phi) is 4.39. The topological polar surface area (TPSA) is 111 Å². The Morgan fingerprint density at radius 3 is 3.04 bits per heavy atom. The Morgan fingerprint density at radius 1 is 1.46 bits per heavy atom. The second-order valence-corrected chi connectivity index (χ2v) is 6.82. The van der Waals surface area contributed by atoms with Gasteiger partial charge < -0.3 is 20.0 Å². The number of carbonyl (C=O) groups excluding carboxylic acids is 1. The van der Waals surface area contributed by atoms with Crippen molar-refractivity contribution in [1.29, 1.82) is 5.26 Å². The fourth-order valence-electron chi connectivity index (χ4n) is 4.02. The molecule has 4 rings (SSSR count). The highest BCUT2D eigenvalue weighted by Gasteiger charge is 2.33. The molecule has 1 aliphatic heterocycles. The third-order valence-electron chi connectivity index (χ3n) is 5.18. The molecule has 0 bridgehead atoms. The van der Waals surface area contributed by atoms with Gasteiger partial charge in [-0.05, 0) is 49.2 Å². The first-order chi connectivity index (χ1) is 12.7. The van der Waals surface area contributed by atoms with E-state index in [-0.39, 0.29) is 24.3 Å². The summed E-state index contributed by atoms with van der Waals surface area (Å²) in [7, 11) is -0.969. The summed E-state index contributed by atoms with van der Waals surface area (Å²) in [4.78, 5) is 19.1. The molecular formula is C18H19BN4O3. The Labute approximate surface area is 151 Å². The zero-order chi connectivity index (χ0) is 18.1. The van der Waals surface area contributed by atoms with Crippen molar-refractivity contribution in [2.45, 2.75) is 38.1 Å². The van der Waals surface area contributed by atoms with Crippen LogP contribution in [0.25, 0.3) is 16.6 Å². The van der Waals surface area contributed by atoms with Crippen LogP contribution in [0.1, 0.15) is 37.7 Å². The molecule has 3 N–H and O–H groups in total. The average Bonchev–Trinajstić information content (AvgIpc) is 3.10. The first-order valence-electron chi connectivity index (χ1n) is 8.85. The maximum atomic E-state index is 11.6. The SMILES string of the molecule is N#CCC(=O)NC1CCC(C2=CB(O)Oc3cnc4[nH]ccc4c32)CC1. The maximum absolute atomic E-state index is 11.6. The highest BCUT2D eigenvalue weighted by Crippen LogP contribution is 2.43. The van der Waals surface area contributed by atoms with Gasteiger partial charge in [-0.3, -0.25) is 4.79 Å². The fourth-order valence-corrected chi connectivity index (χ4v) is 4.02. The summed E-state index contributed by atoms with van der Waals surface area (Å²) in [6, 6.07) is 3.96. The van der Waals surface area contributed by atoms with Gasteiger partial charge in [0, 0.05) is 23.2 Å². The number of amides is 1. The molecule has 1 aliphatic carbocycles. The predicted molar refractivity (Wildman–Crippen MR) is 96.8 cm³/mol. The molecule has 0 radical (unpaired) electrons. The molecule has 132 valence electrons. The summed E-state index contributed by atoms with van der Waals surface area (Å²) in [5, 5.41) is 22.6. The van der Waals surface area contributed by atoms with E-state index in [9.17, 15) is 9.82 Å². The average molecular weight is 350 g/mol. The molecule has 1 fully saturated rings. The van der Waals surface area contributed by atoms with Gasteiger partial charge in [-0.2, -0.15) is 5.26 Å².